The highest BCUT2D eigenvalue weighted by Crippen LogP contribution is 2.29. The highest BCUT2D eigenvalue weighted by atomic mass is 16.6. The van der Waals surface area contributed by atoms with Crippen molar-refractivity contribution in [1.82, 2.24) is 4.90 Å². The fraction of sp³-hybridized carbons (Fsp3) is 0.667. The summed E-state index contributed by atoms with van der Waals surface area (Å²) in [5, 5.41) is 0. The Balaban J connectivity index is 2.08. The third-order valence-corrected chi connectivity index (χ3v) is 4.29. The van der Waals surface area contributed by atoms with Gasteiger partial charge in [-0.1, -0.05) is 13.3 Å². The van der Waals surface area contributed by atoms with Crippen LogP contribution in [0.25, 0.3) is 0 Å². The number of amides is 1. The molecule has 5 heteroatoms. The number of ether oxygens (including phenoxy) is 1. The van der Waals surface area contributed by atoms with Crippen LogP contribution in [0.4, 0.5) is 4.79 Å². The number of Topliss-reactive ketones (excluding diaryl/α,β-unsaturated/α-hetero) is 1. The Morgan fingerprint density at radius 1 is 1.39 bits per heavy atom. The predicted molar refractivity (Wildman–Crippen MR) is 87.4 cm³/mol. The number of piperidine rings is 1. The van der Waals surface area contributed by atoms with Crippen molar-refractivity contribution in [2.24, 2.45) is 5.92 Å². The number of hydrogen-bond acceptors (Lipinski definition) is 4. The number of carbonyl (C=O) groups excluding carboxylic acids is 2. The van der Waals surface area contributed by atoms with Crippen molar-refractivity contribution in [2.75, 3.05) is 6.54 Å². The Kier molecular flexibility index (Phi) is 5.50. The summed E-state index contributed by atoms with van der Waals surface area (Å²) < 4.78 is 10.5. The maximum atomic E-state index is 12.5. The van der Waals surface area contributed by atoms with Crippen molar-refractivity contribution < 1.29 is 18.7 Å². The molecule has 1 aliphatic heterocycles. The Morgan fingerprint density at radius 3 is 2.70 bits per heavy atom. The van der Waals surface area contributed by atoms with Gasteiger partial charge in [-0.15, -0.1) is 0 Å². The minimum atomic E-state index is -0.530. The molecule has 1 aromatic rings. The minimum absolute atomic E-state index is 0.00839. The van der Waals surface area contributed by atoms with E-state index in [0.29, 0.717) is 24.4 Å². The van der Waals surface area contributed by atoms with Crippen LogP contribution >= 0.6 is 0 Å². The molecule has 23 heavy (non-hydrogen) atoms. The smallest absolute Gasteiger partial charge is 0.410 e. The van der Waals surface area contributed by atoms with E-state index in [1.165, 1.54) is 12.5 Å². The van der Waals surface area contributed by atoms with E-state index >= 15 is 0 Å². The molecule has 0 N–H and O–H groups in total. The van der Waals surface area contributed by atoms with Gasteiger partial charge in [-0.05, 0) is 45.6 Å². The van der Waals surface area contributed by atoms with Gasteiger partial charge in [0.15, 0.2) is 5.78 Å². The Morgan fingerprint density at radius 2 is 2.13 bits per heavy atom. The molecule has 128 valence electrons. The van der Waals surface area contributed by atoms with Gasteiger partial charge in [0.05, 0.1) is 11.8 Å². The number of ketones is 1. The highest BCUT2D eigenvalue weighted by molar-refractivity contribution is 5.96. The Bertz CT molecular complexity index is 530. The zero-order chi connectivity index (χ0) is 17.0. The molecule has 0 aliphatic carbocycles. The van der Waals surface area contributed by atoms with Crippen LogP contribution in [0.1, 0.15) is 63.7 Å². The molecule has 1 fully saturated rings. The molecule has 5 nitrogen and oxygen atoms in total. The largest absolute Gasteiger partial charge is 0.472 e. The molecule has 0 radical (unpaired) electrons. The monoisotopic (exact) mass is 321 g/mol. The van der Waals surface area contributed by atoms with Gasteiger partial charge in [0.1, 0.15) is 11.9 Å². The summed E-state index contributed by atoms with van der Waals surface area (Å²) in [7, 11) is 0. The second-order valence-electron chi connectivity index (χ2n) is 7.27. The van der Waals surface area contributed by atoms with Gasteiger partial charge < -0.3 is 14.1 Å². The van der Waals surface area contributed by atoms with Crippen LogP contribution in [-0.2, 0) is 4.74 Å². The SMILES string of the molecule is CCC1CCN(C(=O)OC(C)(C)C)C(CC(=O)c2ccoc2)C1. The number of hydrogen-bond donors (Lipinski definition) is 0. The quantitative estimate of drug-likeness (QED) is 0.777. The number of likely N-dealkylation sites (tertiary alicyclic amines) is 1. The van der Waals surface area contributed by atoms with E-state index in [9.17, 15) is 9.59 Å². The molecule has 0 bridgehead atoms. The van der Waals surface area contributed by atoms with Crippen molar-refractivity contribution in [2.45, 2.75) is 65.0 Å². The number of nitrogens with zero attached hydrogens (tertiary/aromatic N) is 1. The summed E-state index contributed by atoms with van der Waals surface area (Å²) in [6.07, 6.45) is 5.82. The molecule has 2 unspecified atom stereocenters. The Labute approximate surface area is 138 Å². The topological polar surface area (TPSA) is 59.8 Å². The van der Waals surface area contributed by atoms with Crippen LogP contribution in [0.2, 0.25) is 0 Å². The van der Waals surface area contributed by atoms with Crippen LogP contribution in [0.3, 0.4) is 0 Å². The van der Waals surface area contributed by atoms with E-state index < -0.39 is 5.60 Å². The van der Waals surface area contributed by atoms with Crippen LogP contribution in [-0.4, -0.2) is 35.0 Å². The van der Waals surface area contributed by atoms with Gasteiger partial charge in [-0.25, -0.2) is 4.79 Å². The third-order valence-electron chi connectivity index (χ3n) is 4.29. The van der Waals surface area contributed by atoms with E-state index in [1.54, 1.807) is 11.0 Å². The van der Waals surface area contributed by atoms with Crippen LogP contribution in [0, 0.1) is 5.92 Å². The summed E-state index contributed by atoms with van der Waals surface area (Å²) in [5.41, 5.74) is 0.0328. The lowest BCUT2D eigenvalue weighted by molar-refractivity contribution is 0.00398. The van der Waals surface area contributed by atoms with Gasteiger partial charge in [0.25, 0.3) is 0 Å². The van der Waals surface area contributed by atoms with Gasteiger partial charge in [0.2, 0.25) is 0 Å². The number of rotatable bonds is 4. The lowest BCUT2D eigenvalue weighted by atomic mass is 9.86. The van der Waals surface area contributed by atoms with Crippen molar-refractivity contribution >= 4 is 11.9 Å². The number of furan rings is 1. The van der Waals surface area contributed by atoms with Gasteiger partial charge >= 0.3 is 6.09 Å². The first-order valence-corrected chi connectivity index (χ1v) is 8.35. The fourth-order valence-corrected chi connectivity index (χ4v) is 3.01. The molecule has 0 spiro atoms. The molecule has 1 aromatic heterocycles. The van der Waals surface area contributed by atoms with Gasteiger partial charge in [0, 0.05) is 19.0 Å². The first-order chi connectivity index (χ1) is 10.8. The maximum absolute atomic E-state index is 12.5. The molecule has 2 heterocycles. The van der Waals surface area contributed by atoms with E-state index in [4.69, 9.17) is 9.15 Å². The van der Waals surface area contributed by atoms with E-state index in [1.807, 2.05) is 20.8 Å². The molecule has 2 rings (SSSR count). The fourth-order valence-electron chi connectivity index (χ4n) is 3.01. The lowest BCUT2D eigenvalue weighted by Gasteiger charge is -2.39. The first kappa shape index (κ1) is 17.6. The molecular weight excluding hydrogens is 294 g/mol. The molecule has 1 amide bonds. The zero-order valence-corrected chi connectivity index (χ0v) is 14.5. The van der Waals surface area contributed by atoms with Crippen LogP contribution < -0.4 is 0 Å². The maximum Gasteiger partial charge on any atom is 0.410 e. The summed E-state index contributed by atoms with van der Waals surface area (Å²) >= 11 is 0. The molecular formula is C18H27NO4. The van der Waals surface area contributed by atoms with Crippen molar-refractivity contribution in [3.05, 3.63) is 24.2 Å². The molecule has 0 aromatic carbocycles. The molecule has 1 saturated heterocycles. The van der Waals surface area contributed by atoms with Crippen molar-refractivity contribution in [1.29, 1.82) is 0 Å². The molecule has 2 atom stereocenters. The van der Waals surface area contributed by atoms with E-state index in [-0.39, 0.29) is 17.9 Å². The zero-order valence-electron chi connectivity index (χ0n) is 14.5. The van der Waals surface area contributed by atoms with Crippen molar-refractivity contribution in [3.63, 3.8) is 0 Å². The normalized spacial score (nSPS) is 22.0. The second-order valence-corrected chi connectivity index (χ2v) is 7.27. The standard InChI is InChI=1S/C18H27NO4/c1-5-13-6-8-19(17(21)23-18(2,3)4)15(10-13)11-16(20)14-7-9-22-12-14/h7,9,12-13,15H,5-6,8,10-11H2,1-4H3. The van der Waals surface area contributed by atoms with Gasteiger partial charge in [-0.2, -0.15) is 0 Å². The number of carbonyl (C=O) groups is 2. The second kappa shape index (κ2) is 7.20. The average molecular weight is 321 g/mol. The van der Waals surface area contributed by atoms with E-state index in [0.717, 1.165) is 19.3 Å². The minimum Gasteiger partial charge on any atom is -0.472 e. The summed E-state index contributed by atoms with van der Waals surface area (Å²) in [6.45, 7) is 8.37. The average Bonchev–Trinajstić information content (AvgIpc) is 2.99. The summed E-state index contributed by atoms with van der Waals surface area (Å²) in [5.74, 6) is 0.560. The summed E-state index contributed by atoms with van der Waals surface area (Å²) in [4.78, 5) is 26.6. The summed E-state index contributed by atoms with van der Waals surface area (Å²) in [6, 6.07) is 1.56. The van der Waals surface area contributed by atoms with Crippen LogP contribution in [0.5, 0.6) is 0 Å². The van der Waals surface area contributed by atoms with Gasteiger partial charge in [-0.3, -0.25) is 4.79 Å². The molecule has 0 saturated carbocycles. The molecule has 1 aliphatic rings. The first-order valence-electron chi connectivity index (χ1n) is 8.35. The Hall–Kier alpha value is -1.78. The van der Waals surface area contributed by atoms with Crippen LogP contribution in [0.15, 0.2) is 23.0 Å². The third kappa shape index (κ3) is 4.85. The van der Waals surface area contributed by atoms with Crippen molar-refractivity contribution in [3.8, 4) is 0 Å². The lowest BCUT2D eigenvalue weighted by Crippen LogP contribution is -2.48. The highest BCUT2D eigenvalue weighted by Gasteiger charge is 2.35. The predicted octanol–water partition coefficient (Wildman–Crippen LogP) is 4.28. The van der Waals surface area contributed by atoms with E-state index in [2.05, 4.69) is 6.92 Å².